The van der Waals surface area contributed by atoms with Gasteiger partial charge in [-0.1, -0.05) is 0 Å². The van der Waals surface area contributed by atoms with Crippen LogP contribution in [0.25, 0.3) is 0 Å². The van der Waals surface area contributed by atoms with Gasteiger partial charge in [0.25, 0.3) is 11.8 Å². The fourth-order valence-corrected chi connectivity index (χ4v) is 2.00. The van der Waals surface area contributed by atoms with Crippen LogP contribution in [0, 0.1) is 0 Å². The van der Waals surface area contributed by atoms with Crippen LogP contribution in [-0.2, 0) is 0 Å². The van der Waals surface area contributed by atoms with E-state index in [1.54, 1.807) is 24.3 Å². The highest BCUT2D eigenvalue weighted by Gasteiger charge is 2.32. The van der Waals surface area contributed by atoms with E-state index in [9.17, 15) is 9.59 Å². The molecule has 0 saturated heterocycles. The molecule has 7 nitrogen and oxygen atoms in total. The fourth-order valence-electron chi connectivity index (χ4n) is 2.00. The lowest BCUT2D eigenvalue weighted by Crippen LogP contribution is -2.24. The molecular formula is C13H11N5O2. The van der Waals surface area contributed by atoms with Crippen LogP contribution >= 0.6 is 0 Å². The first-order chi connectivity index (χ1) is 9.56. The number of carbonyl (C=O) groups excluding carboxylic acids is 2. The van der Waals surface area contributed by atoms with Crippen molar-refractivity contribution in [3.05, 3.63) is 41.6 Å². The van der Waals surface area contributed by atoms with E-state index < -0.39 is 0 Å². The van der Waals surface area contributed by atoms with Gasteiger partial charge in [-0.25, -0.2) is 4.98 Å². The topological polar surface area (TPSA) is 101 Å². The lowest BCUT2D eigenvalue weighted by Gasteiger charge is -2.05. The minimum absolute atomic E-state index is 0.295. The van der Waals surface area contributed by atoms with Gasteiger partial charge in [0.05, 0.1) is 11.1 Å². The van der Waals surface area contributed by atoms with Crippen molar-refractivity contribution >= 4 is 29.3 Å². The molecule has 1 aliphatic heterocycles. The Bertz CT molecular complexity index is 728. The van der Waals surface area contributed by atoms with Gasteiger partial charge in [0.1, 0.15) is 5.82 Å². The number of carbonyl (C=O) groups is 2. The molecule has 1 aromatic carbocycles. The van der Waals surface area contributed by atoms with Crippen molar-refractivity contribution in [3.63, 3.8) is 0 Å². The summed E-state index contributed by atoms with van der Waals surface area (Å²) in [5, 5.41) is 2.94. The molecule has 20 heavy (non-hydrogen) atoms. The van der Waals surface area contributed by atoms with E-state index >= 15 is 0 Å². The molecule has 0 fully saturated rings. The van der Waals surface area contributed by atoms with Crippen molar-refractivity contribution in [1.29, 1.82) is 0 Å². The molecule has 2 heterocycles. The lowest BCUT2D eigenvalue weighted by atomic mass is 10.1. The van der Waals surface area contributed by atoms with Gasteiger partial charge >= 0.3 is 0 Å². The van der Waals surface area contributed by atoms with E-state index in [1.807, 2.05) is 0 Å². The van der Waals surface area contributed by atoms with Crippen molar-refractivity contribution in [2.45, 2.75) is 0 Å². The molecule has 3 rings (SSSR count). The molecule has 3 N–H and O–H groups in total. The molecular weight excluding hydrogens is 258 g/mol. The standard InChI is InChI=1S/C13H11N5O2/c1-18-11(19)8-3-2-7(6-9(8)12(18)20)16-13-15-5-4-10(14)17-13/h2-6H,1H3,(H3,14,15,16,17). The van der Waals surface area contributed by atoms with Gasteiger partial charge in [-0.3, -0.25) is 14.5 Å². The number of rotatable bonds is 2. The number of nitrogen functional groups attached to an aromatic ring is 1. The van der Waals surface area contributed by atoms with E-state index in [0.29, 0.717) is 28.6 Å². The van der Waals surface area contributed by atoms with Crippen LogP contribution < -0.4 is 11.1 Å². The van der Waals surface area contributed by atoms with Crippen LogP contribution in [0.5, 0.6) is 0 Å². The summed E-state index contributed by atoms with van der Waals surface area (Å²) in [5.41, 5.74) is 6.95. The number of hydrogen-bond acceptors (Lipinski definition) is 6. The average molecular weight is 269 g/mol. The number of hydrogen-bond donors (Lipinski definition) is 2. The summed E-state index contributed by atoms with van der Waals surface area (Å²) < 4.78 is 0. The summed E-state index contributed by atoms with van der Waals surface area (Å²) in [4.78, 5) is 32.8. The smallest absolute Gasteiger partial charge is 0.261 e. The largest absolute Gasteiger partial charge is 0.384 e. The third-order valence-corrected chi connectivity index (χ3v) is 3.02. The Balaban J connectivity index is 1.95. The number of anilines is 3. The van der Waals surface area contributed by atoms with E-state index in [0.717, 1.165) is 4.90 Å². The highest BCUT2D eigenvalue weighted by atomic mass is 16.2. The first-order valence-electron chi connectivity index (χ1n) is 5.88. The van der Waals surface area contributed by atoms with Crippen molar-refractivity contribution < 1.29 is 9.59 Å². The quantitative estimate of drug-likeness (QED) is 0.789. The highest BCUT2D eigenvalue weighted by Crippen LogP contribution is 2.25. The number of benzene rings is 1. The van der Waals surface area contributed by atoms with Crippen molar-refractivity contribution in [3.8, 4) is 0 Å². The maximum atomic E-state index is 11.9. The van der Waals surface area contributed by atoms with Crippen LogP contribution in [0.4, 0.5) is 17.5 Å². The van der Waals surface area contributed by atoms with Crippen LogP contribution in [0.1, 0.15) is 20.7 Å². The molecule has 100 valence electrons. The van der Waals surface area contributed by atoms with Gasteiger partial charge in [-0.2, -0.15) is 4.98 Å². The molecule has 7 heteroatoms. The molecule has 1 aliphatic rings. The van der Waals surface area contributed by atoms with Gasteiger partial charge < -0.3 is 11.1 Å². The van der Waals surface area contributed by atoms with Crippen molar-refractivity contribution in [1.82, 2.24) is 14.9 Å². The monoisotopic (exact) mass is 269 g/mol. The zero-order valence-electron chi connectivity index (χ0n) is 10.6. The number of imide groups is 1. The van der Waals surface area contributed by atoms with Crippen LogP contribution in [0.2, 0.25) is 0 Å². The Morgan fingerprint density at radius 2 is 1.90 bits per heavy atom. The molecule has 0 saturated carbocycles. The van der Waals surface area contributed by atoms with Gasteiger partial charge in [0.2, 0.25) is 5.95 Å². The lowest BCUT2D eigenvalue weighted by molar-refractivity contribution is 0.0693. The van der Waals surface area contributed by atoms with Gasteiger partial charge in [-0.15, -0.1) is 0 Å². The maximum Gasteiger partial charge on any atom is 0.261 e. The number of fused-ring (bicyclic) bond motifs is 1. The fraction of sp³-hybridized carbons (Fsp3) is 0.0769. The Morgan fingerprint density at radius 1 is 1.15 bits per heavy atom. The molecule has 0 radical (unpaired) electrons. The Labute approximate surface area is 114 Å². The summed E-state index contributed by atoms with van der Waals surface area (Å²) in [6.45, 7) is 0. The predicted octanol–water partition coefficient (Wildman–Crippen LogP) is 1.03. The number of nitrogens with two attached hydrogens (primary N) is 1. The van der Waals surface area contributed by atoms with Crippen LogP contribution in [0.15, 0.2) is 30.5 Å². The average Bonchev–Trinajstić information content (AvgIpc) is 2.64. The van der Waals surface area contributed by atoms with Crippen LogP contribution in [0.3, 0.4) is 0 Å². The number of nitrogens with zero attached hydrogens (tertiary/aromatic N) is 3. The third kappa shape index (κ3) is 1.85. The van der Waals surface area contributed by atoms with E-state index in [-0.39, 0.29) is 11.8 Å². The van der Waals surface area contributed by atoms with Crippen molar-refractivity contribution in [2.75, 3.05) is 18.1 Å². The molecule has 1 aromatic heterocycles. The summed E-state index contributed by atoms with van der Waals surface area (Å²) in [6.07, 6.45) is 1.53. The molecule has 0 unspecified atom stereocenters. The SMILES string of the molecule is CN1C(=O)c2ccc(Nc3nccc(N)n3)cc2C1=O. The van der Waals surface area contributed by atoms with Gasteiger partial charge in [0, 0.05) is 18.9 Å². The van der Waals surface area contributed by atoms with Crippen LogP contribution in [-0.4, -0.2) is 33.7 Å². The zero-order chi connectivity index (χ0) is 14.3. The second-order valence-corrected chi connectivity index (χ2v) is 4.36. The Morgan fingerprint density at radius 3 is 2.65 bits per heavy atom. The maximum absolute atomic E-state index is 11.9. The minimum atomic E-state index is -0.317. The molecule has 0 aliphatic carbocycles. The Kier molecular flexibility index (Phi) is 2.60. The van der Waals surface area contributed by atoms with E-state index in [4.69, 9.17) is 5.73 Å². The third-order valence-electron chi connectivity index (χ3n) is 3.02. The normalized spacial score (nSPS) is 13.6. The molecule has 2 aromatic rings. The second-order valence-electron chi connectivity index (χ2n) is 4.36. The predicted molar refractivity (Wildman–Crippen MR) is 72.6 cm³/mol. The molecule has 0 atom stereocenters. The Hall–Kier alpha value is -2.96. The van der Waals surface area contributed by atoms with E-state index in [1.165, 1.54) is 13.2 Å². The first kappa shape index (κ1) is 12.1. The van der Waals surface area contributed by atoms with Crippen molar-refractivity contribution in [2.24, 2.45) is 0 Å². The summed E-state index contributed by atoms with van der Waals surface area (Å²) in [6, 6.07) is 6.47. The van der Waals surface area contributed by atoms with E-state index in [2.05, 4.69) is 15.3 Å². The molecule has 0 bridgehead atoms. The molecule has 2 amide bonds. The van der Waals surface area contributed by atoms with Gasteiger partial charge in [-0.05, 0) is 24.3 Å². The number of aromatic nitrogens is 2. The zero-order valence-corrected chi connectivity index (χ0v) is 10.6. The summed E-state index contributed by atoms with van der Waals surface area (Å²) >= 11 is 0. The summed E-state index contributed by atoms with van der Waals surface area (Å²) in [7, 11) is 1.46. The highest BCUT2D eigenvalue weighted by molar-refractivity contribution is 6.21. The van der Waals surface area contributed by atoms with Gasteiger partial charge in [0.15, 0.2) is 0 Å². The summed E-state index contributed by atoms with van der Waals surface area (Å²) in [5.74, 6) is 0.0589. The number of amides is 2. The second kappa shape index (κ2) is 4.30. The number of nitrogens with one attached hydrogen (secondary N) is 1. The first-order valence-corrected chi connectivity index (χ1v) is 5.88. The minimum Gasteiger partial charge on any atom is -0.384 e. The molecule has 0 spiro atoms.